The number of esters is 1. The van der Waals surface area contributed by atoms with E-state index in [1.807, 2.05) is 0 Å². The lowest BCUT2D eigenvalue weighted by atomic mass is 10.2. The summed E-state index contributed by atoms with van der Waals surface area (Å²) in [6.07, 6.45) is -1.26. The number of alkyl halides is 5. The first-order valence-corrected chi connectivity index (χ1v) is 5.70. The van der Waals surface area contributed by atoms with Gasteiger partial charge in [-0.25, -0.2) is 4.79 Å². The zero-order valence-corrected chi connectivity index (χ0v) is 10.6. The summed E-state index contributed by atoms with van der Waals surface area (Å²) in [7, 11) is 0. The molecule has 2 nitrogen and oxygen atoms in total. The third-order valence-electron chi connectivity index (χ3n) is 2.07. The Hall–Kier alpha value is -1.11. The molecule has 0 bridgehead atoms. The molecule has 18 heavy (non-hydrogen) atoms. The van der Waals surface area contributed by atoms with Gasteiger partial charge in [0.2, 0.25) is 0 Å². The third-order valence-corrected chi connectivity index (χ3v) is 2.65. The van der Waals surface area contributed by atoms with Crippen molar-refractivity contribution in [1.82, 2.24) is 0 Å². The van der Waals surface area contributed by atoms with Gasteiger partial charge in [0.05, 0.1) is 18.6 Å². The fourth-order valence-corrected chi connectivity index (χ4v) is 1.27. The van der Waals surface area contributed by atoms with Crippen molar-refractivity contribution in [2.24, 2.45) is 0 Å². The van der Waals surface area contributed by atoms with E-state index in [1.54, 1.807) is 34.1 Å². The van der Waals surface area contributed by atoms with Gasteiger partial charge in [-0.15, -0.1) is 0 Å². The number of carbonyl (C=O) groups is 1. The van der Waals surface area contributed by atoms with Crippen molar-refractivity contribution >= 4 is 21.9 Å². The SMILES string of the molecule is O=C(OCCC(F)(F)C(F)(F)Br)c1ccccc1. The molecule has 0 spiro atoms. The summed E-state index contributed by atoms with van der Waals surface area (Å²) in [5.41, 5.74) is 0.173. The van der Waals surface area contributed by atoms with E-state index < -0.39 is 29.8 Å². The van der Waals surface area contributed by atoms with Crippen LogP contribution in [-0.2, 0) is 4.74 Å². The molecule has 0 N–H and O–H groups in total. The lowest BCUT2D eigenvalue weighted by Crippen LogP contribution is -2.36. The first-order chi connectivity index (χ1) is 8.24. The highest BCUT2D eigenvalue weighted by molar-refractivity contribution is 9.10. The van der Waals surface area contributed by atoms with Gasteiger partial charge in [-0.05, 0) is 28.1 Å². The number of benzene rings is 1. The van der Waals surface area contributed by atoms with E-state index >= 15 is 0 Å². The zero-order valence-electron chi connectivity index (χ0n) is 9.01. The number of ether oxygens (including phenoxy) is 1. The molecule has 0 fully saturated rings. The molecule has 0 radical (unpaired) electrons. The van der Waals surface area contributed by atoms with Gasteiger partial charge < -0.3 is 4.74 Å². The van der Waals surface area contributed by atoms with Crippen LogP contribution >= 0.6 is 15.9 Å². The number of hydrogen-bond acceptors (Lipinski definition) is 2. The van der Waals surface area contributed by atoms with Crippen LogP contribution in [0.2, 0.25) is 0 Å². The Balaban J connectivity index is 2.46. The predicted octanol–water partition coefficient (Wildman–Crippen LogP) is 3.86. The molecular formula is C11H9BrF4O2. The average molecular weight is 329 g/mol. The van der Waals surface area contributed by atoms with Crippen molar-refractivity contribution in [1.29, 1.82) is 0 Å². The van der Waals surface area contributed by atoms with Gasteiger partial charge in [0.15, 0.2) is 0 Å². The lowest BCUT2D eigenvalue weighted by molar-refractivity contribution is -0.156. The van der Waals surface area contributed by atoms with Crippen LogP contribution in [0.15, 0.2) is 30.3 Å². The van der Waals surface area contributed by atoms with Crippen LogP contribution in [0.3, 0.4) is 0 Å². The molecule has 0 amide bonds. The molecule has 1 aromatic rings. The molecular weight excluding hydrogens is 320 g/mol. The molecule has 0 aliphatic rings. The Morgan fingerprint density at radius 3 is 2.22 bits per heavy atom. The van der Waals surface area contributed by atoms with E-state index in [0.29, 0.717) is 0 Å². The Morgan fingerprint density at radius 1 is 1.17 bits per heavy atom. The summed E-state index contributed by atoms with van der Waals surface area (Å²) >= 11 is 1.59. The van der Waals surface area contributed by atoms with Gasteiger partial charge >= 0.3 is 16.7 Å². The molecule has 0 unspecified atom stereocenters. The zero-order chi connectivity index (χ0) is 13.8. The maximum atomic E-state index is 12.8. The molecule has 7 heteroatoms. The van der Waals surface area contributed by atoms with Crippen LogP contribution in [0.25, 0.3) is 0 Å². The van der Waals surface area contributed by atoms with Crippen LogP contribution in [0.1, 0.15) is 16.8 Å². The van der Waals surface area contributed by atoms with Crippen LogP contribution in [0.4, 0.5) is 17.6 Å². The average Bonchev–Trinajstić information content (AvgIpc) is 2.28. The number of halogens is 5. The standard InChI is InChI=1S/C11H9BrF4O2/c12-11(15,16)10(13,14)6-7-18-9(17)8-4-2-1-3-5-8/h1-5H,6-7H2. The maximum Gasteiger partial charge on any atom is 0.363 e. The summed E-state index contributed by atoms with van der Waals surface area (Å²) in [5, 5.41) is 0. The van der Waals surface area contributed by atoms with E-state index in [0.717, 1.165) is 0 Å². The molecule has 100 valence electrons. The Kier molecular flexibility index (Phi) is 4.72. The summed E-state index contributed by atoms with van der Waals surface area (Å²) < 4.78 is 54.8. The monoisotopic (exact) mass is 328 g/mol. The van der Waals surface area contributed by atoms with Crippen LogP contribution in [0, 0.1) is 0 Å². The topological polar surface area (TPSA) is 26.3 Å². The van der Waals surface area contributed by atoms with E-state index in [2.05, 4.69) is 4.74 Å². The van der Waals surface area contributed by atoms with Gasteiger partial charge in [0.25, 0.3) is 0 Å². The second-order valence-electron chi connectivity index (χ2n) is 3.45. The van der Waals surface area contributed by atoms with Gasteiger partial charge in [-0.1, -0.05) is 18.2 Å². The highest BCUT2D eigenvalue weighted by atomic mass is 79.9. The van der Waals surface area contributed by atoms with Gasteiger partial charge in [-0.3, -0.25) is 0 Å². The molecule has 0 saturated carbocycles. The van der Waals surface area contributed by atoms with Crippen LogP contribution in [-0.4, -0.2) is 23.3 Å². The first-order valence-electron chi connectivity index (χ1n) is 4.91. The summed E-state index contributed by atoms with van der Waals surface area (Å²) in [5.74, 6) is -5.10. The van der Waals surface area contributed by atoms with Crippen LogP contribution < -0.4 is 0 Å². The van der Waals surface area contributed by atoms with Gasteiger partial charge in [0.1, 0.15) is 0 Å². The minimum atomic E-state index is -4.32. The highest BCUT2D eigenvalue weighted by Gasteiger charge is 2.53. The third kappa shape index (κ3) is 3.97. The van der Waals surface area contributed by atoms with Crippen LogP contribution in [0.5, 0.6) is 0 Å². The largest absolute Gasteiger partial charge is 0.462 e. The summed E-state index contributed by atoms with van der Waals surface area (Å²) in [6, 6.07) is 7.66. The smallest absolute Gasteiger partial charge is 0.363 e. The minimum absolute atomic E-state index is 0.173. The molecule has 0 saturated heterocycles. The minimum Gasteiger partial charge on any atom is -0.462 e. The van der Waals surface area contributed by atoms with Gasteiger partial charge in [-0.2, -0.15) is 17.6 Å². The van der Waals surface area contributed by atoms with E-state index in [1.165, 1.54) is 12.1 Å². The predicted molar refractivity (Wildman–Crippen MR) is 60.2 cm³/mol. The fraction of sp³-hybridized carbons (Fsp3) is 0.364. The van der Waals surface area contributed by atoms with E-state index in [9.17, 15) is 22.4 Å². The second-order valence-corrected chi connectivity index (χ2v) is 4.45. The molecule has 0 heterocycles. The Bertz CT molecular complexity index is 403. The van der Waals surface area contributed by atoms with Gasteiger partial charge in [0, 0.05) is 0 Å². The summed E-state index contributed by atoms with van der Waals surface area (Å²) in [6.45, 7) is -0.790. The molecule has 1 aromatic carbocycles. The van der Waals surface area contributed by atoms with Crippen molar-refractivity contribution in [2.45, 2.75) is 17.2 Å². The number of rotatable bonds is 5. The van der Waals surface area contributed by atoms with Crippen molar-refractivity contribution in [3.05, 3.63) is 35.9 Å². The lowest BCUT2D eigenvalue weighted by Gasteiger charge is -2.20. The second kappa shape index (κ2) is 5.69. The molecule has 0 aromatic heterocycles. The quantitative estimate of drug-likeness (QED) is 0.466. The molecule has 1 rings (SSSR count). The normalized spacial score (nSPS) is 12.3. The molecule has 0 aliphatic carbocycles. The van der Waals surface area contributed by atoms with E-state index in [-0.39, 0.29) is 5.56 Å². The highest BCUT2D eigenvalue weighted by Crippen LogP contribution is 2.41. The first kappa shape index (κ1) is 14.9. The maximum absolute atomic E-state index is 12.8. The Morgan fingerprint density at radius 2 is 1.72 bits per heavy atom. The summed E-state index contributed by atoms with van der Waals surface area (Å²) in [4.78, 5) is 6.99. The number of carbonyl (C=O) groups excluding carboxylic acids is 1. The van der Waals surface area contributed by atoms with Crippen molar-refractivity contribution in [3.8, 4) is 0 Å². The van der Waals surface area contributed by atoms with Crippen molar-refractivity contribution < 1.29 is 27.1 Å². The fourth-order valence-electron chi connectivity index (χ4n) is 1.07. The van der Waals surface area contributed by atoms with Crippen molar-refractivity contribution in [2.75, 3.05) is 6.61 Å². The Labute approximate surface area is 109 Å². The van der Waals surface area contributed by atoms with Crippen molar-refractivity contribution in [3.63, 3.8) is 0 Å². The van der Waals surface area contributed by atoms with E-state index in [4.69, 9.17) is 0 Å². The molecule has 0 aliphatic heterocycles. The number of hydrogen-bond donors (Lipinski definition) is 0. The molecule has 0 atom stereocenters.